The van der Waals surface area contributed by atoms with Crippen LogP contribution >= 0.6 is 11.6 Å². The molecule has 0 bridgehead atoms. The number of benzene rings is 3. The second kappa shape index (κ2) is 11.0. The fraction of sp³-hybridized carbons (Fsp3) is 0.148. The van der Waals surface area contributed by atoms with Gasteiger partial charge in [0.25, 0.3) is 5.91 Å². The van der Waals surface area contributed by atoms with E-state index in [2.05, 4.69) is 10.4 Å². The summed E-state index contributed by atoms with van der Waals surface area (Å²) in [6.07, 6.45) is 0.693. The molecule has 4 aromatic rings. The summed E-state index contributed by atoms with van der Waals surface area (Å²) in [5.74, 6) is -0.583. The minimum atomic E-state index is -0.372. The lowest BCUT2D eigenvalue weighted by Crippen LogP contribution is -2.38. The van der Waals surface area contributed by atoms with Gasteiger partial charge in [0, 0.05) is 28.8 Å². The zero-order valence-corrected chi connectivity index (χ0v) is 19.9. The Morgan fingerprint density at radius 2 is 1.69 bits per heavy atom. The molecule has 1 N–H and O–H groups in total. The van der Waals surface area contributed by atoms with E-state index in [-0.39, 0.29) is 24.2 Å². The highest BCUT2D eigenvalue weighted by molar-refractivity contribution is 6.30. The molecule has 3 aromatic carbocycles. The molecule has 0 unspecified atom stereocenters. The third-order valence-electron chi connectivity index (χ3n) is 5.32. The number of halogens is 2. The summed E-state index contributed by atoms with van der Waals surface area (Å²) in [5, 5.41) is 8.03. The maximum absolute atomic E-state index is 13.5. The van der Waals surface area contributed by atoms with Crippen molar-refractivity contribution in [2.75, 3.05) is 18.4 Å². The van der Waals surface area contributed by atoms with Gasteiger partial charge >= 0.3 is 0 Å². The van der Waals surface area contributed by atoms with Gasteiger partial charge in [0.05, 0.1) is 11.4 Å². The van der Waals surface area contributed by atoms with Crippen LogP contribution in [0.2, 0.25) is 5.02 Å². The van der Waals surface area contributed by atoms with Crippen LogP contribution in [0.25, 0.3) is 16.9 Å². The van der Waals surface area contributed by atoms with Crippen molar-refractivity contribution in [3.05, 3.63) is 101 Å². The Bertz CT molecular complexity index is 1310. The van der Waals surface area contributed by atoms with Crippen molar-refractivity contribution in [1.82, 2.24) is 14.7 Å². The van der Waals surface area contributed by atoms with Gasteiger partial charge in [-0.3, -0.25) is 9.59 Å². The minimum absolute atomic E-state index is 0.134. The number of nitrogens with one attached hydrogen (secondary N) is 1. The number of rotatable bonds is 8. The molecule has 8 heteroatoms. The lowest BCUT2D eigenvalue weighted by atomic mass is 10.1. The lowest BCUT2D eigenvalue weighted by molar-refractivity contribution is -0.116. The highest BCUT2D eigenvalue weighted by Gasteiger charge is 2.20. The van der Waals surface area contributed by atoms with Crippen molar-refractivity contribution in [1.29, 1.82) is 0 Å². The molecular weight excluding hydrogens is 467 g/mol. The quantitative estimate of drug-likeness (QED) is 0.338. The molecule has 2 amide bonds. The summed E-state index contributed by atoms with van der Waals surface area (Å²) >= 11 is 5.93. The van der Waals surface area contributed by atoms with E-state index >= 15 is 0 Å². The minimum Gasteiger partial charge on any atom is -0.329 e. The molecule has 6 nitrogen and oxygen atoms in total. The molecule has 0 aliphatic rings. The number of aromatic nitrogens is 2. The Morgan fingerprint density at radius 1 is 1.00 bits per heavy atom. The monoisotopic (exact) mass is 490 g/mol. The molecule has 0 aliphatic heterocycles. The summed E-state index contributed by atoms with van der Waals surface area (Å²) in [4.78, 5) is 27.5. The highest BCUT2D eigenvalue weighted by Crippen LogP contribution is 2.25. The van der Waals surface area contributed by atoms with Gasteiger partial charge in [-0.1, -0.05) is 48.9 Å². The van der Waals surface area contributed by atoms with Crippen molar-refractivity contribution >= 4 is 29.2 Å². The molecule has 0 aliphatic carbocycles. The van der Waals surface area contributed by atoms with Crippen molar-refractivity contribution in [3.63, 3.8) is 0 Å². The Morgan fingerprint density at radius 3 is 2.34 bits per heavy atom. The fourth-order valence-electron chi connectivity index (χ4n) is 3.65. The third kappa shape index (κ3) is 5.94. The average Bonchev–Trinajstić information content (AvgIpc) is 3.28. The first-order valence-corrected chi connectivity index (χ1v) is 11.6. The number of hydrogen-bond acceptors (Lipinski definition) is 3. The Kier molecular flexibility index (Phi) is 7.57. The topological polar surface area (TPSA) is 67.2 Å². The number of nitrogens with zero attached hydrogens (tertiary/aromatic N) is 3. The molecule has 1 aromatic heterocycles. The number of carbonyl (C=O) groups excluding carboxylic acids is 2. The van der Waals surface area contributed by atoms with Gasteiger partial charge < -0.3 is 10.2 Å². The van der Waals surface area contributed by atoms with Gasteiger partial charge in [-0.2, -0.15) is 5.10 Å². The summed E-state index contributed by atoms with van der Waals surface area (Å²) in [5.41, 5.74) is 2.56. The molecule has 0 saturated carbocycles. The molecule has 0 radical (unpaired) electrons. The van der Waals surface area contributed by atoms with Crippen LogP contribution in [-0.2, 0) is 4.79 Å². The maximum atomic E-state index is 13.5. The summed E-state index contributed by atoms with van der Waals surface area (Å²) in [6, 6.07) is 23.7. The van der Waals surface area contributed by atoms with Gasteiger partial charge in [-0.05, 0) is 55.0 Å². The molecule has 35 heavy (non-hydrogen) atoms. The van der Waals surface area contributed by atoms with Crippen molar-refractivity contribution < 1.29 is 14.0 Å². The Labute approximate surface area is 208 Å². The first-order valence-electron chi connectivity index (χ1n) is 11.2. The van der Waals surface area contributed by atoms with Crippen LogP contribution in [0, 0.1) is 5.82 Å². The predicted molar refractivity (Wildman–Crippen MR) is 135 cm³/mol. The van der Waals surface area contributed by atoms with Gasteiger partial charge in [0.15, 0.2) is 0 Å². The zero-order valence-electron chi connectivity index (χ0n) is 19.1. The number of amides is 2. The Hall–Kier alpha value is -3.97. The SMILES string of the molecule is CCCN(CC(=O)Nc1cc(-c2ccccc2)nn1-c1ccc(F)cc1)C(=O)c1ccc(Cl)cc1. The van der Waals surface area contributed by atoms with Crippen LogP contribution in [0.1, 0.15) is 23.7 Å². The van der Waals surface area contributed by atoms with Crippen LogP contribution in [0.5, 0.6) is 0 Å². The summed E-state index contributed by atoms with van der Waals surface area (Å²) < 4.78 is 15.0. The van der Waals surface area contributed by atoms with E-state index in [0.29, 0.717) is 40.8 Å². The van der Waals surface area contributed by atoms with Crippen LogP contribution < -0.4 is 5.32 Å². The van der Waals surface area contributed by atoms with Crippen molar-refractivity contribution in [3.8, 4) is 16.9 Å². The summed E-state index contributed by atoms with van der Waals surface area (Å²) in [7, 11) is 0. The van der Waals surface area contributed by atoms with Gasteiger partial charge in [-0.25, -0.2) is 9.07 Å². The predicted octanol–water partition coefficient (Wildman–Crippen LogP) is 5.82. The van der Waals surface area contributed by atoms with Crippen molar-refractivity contribution in [2.45, 2.75) is 13.3 Å². The van der Waals surface area contributed by atoms with Crippen molar-refractivity contribution in [2.24, 2.45) is 0 Å². The van der Waals surface area contributed by atoms with Gasteiger partial charge in [0.1, 0.15) is 18.2 Å². The van der Waals surface area contributed by atoms with Gasteiger partial charge in [-0.15, -0.1) is 0 Å². The molecule has 4 rings (SSSR count). The molecular formula is C27H24ClFN4O2. The smallest absolute Gasteiger partial charge is 0.254 e. The third-order valence-corrected chi connectivity index (χ3v) is 5.58. The van der Waals surface area contributed by atoms with Crippen LogP contribution in [0.3, 0.4) is 0 Å². The Balaban J connectivity index is 1.59. The molecule has 178 valence electrons. The van der Waals surface area contributed by atoms with E-state index < -0.39 is 0 Å². The van der Waals surface area contributed by atoms with E-state index in [1.54, 1.807) is 47.1 Å². The van der Waals surface area contributed by atoms with Crippen LogP contribution in [0.4, 0.5) is 10.2 Å². The van der Waals surface area contributed by atoms with E-state index in [1.807, 2.05) is 37.3 Å². The average molecular weight is 491 g/mol. The first kappa shape index (κ1) is 24.2. The second-order valence-electron chi connectivity index (χ2n) is 7.95. The van der Waals surface area contributed by atoms with Crippen LogP contribution in [0.15, 0.2) is 84.9 Å². The molecule has 0 saturated heterocycles. The largest absolute Gasteiger partial charge is 0.329 e. The van der Waals surface area contributed by atoms with Crippen LogP contribution in [-0.4, -0.2) is 39.6 Å². The number of hydrogen-bond donors (Lipinski definition) is 1. The zero-order chi connectivity index (χ0) is 24.8. The first-order chi connectivity index (χ1) is 16.9. The fourth-order valence-corrected chi connectivity index (χ4v) is 3.78. The number of anilines is 1. The lowest BCUT2D eigenvalue weighted by Gasteiger charge is -2.22. The van der Waals surface area contributed by atoms with E-state index in [0.717, 1.165) is 5.56 Å². The second-order valence-corrected chi connectivity index (χ2v) is 8.39. The standard InChI is InChI=1S/C27H24ClFN4O2/c1-2-16-32(27(35)20-8-10-21(28)11-9-20)18-26(34)30-25-17-24(19-6-4-3-5-7-19)31-33(25)23-14-12-22(29)13-15-23/h3-15,17H,2,16,18H2,1H3,(H,30,34). The van der Waals surface area contributed by atoms with Gasteiger partial charge in [0.2, 0.25) is 5.91 Å². The maximum Gasteiger partial charge on any atom is 0.254 e. The molecule has 0 spiro atoms. The van der Waals surface area contributed by atoms with E-state index in [9.17, 15) is 14.0 Å². The van der Waals surface area contributed by atoms with E-state index in [4.69, 9.17) is 11.6 Å². The molecule has 0 fully saturated rings. The normalized spacial score (nSPS) is 10.7. The summed E-state index contributed by atoms with van der Waals surface area (Å²) in [6.45, 7) is 2.22. The number of carbonyl (C=O) groups is 2. The molecule has 1 heterocycles. The van der Waals surface area contributed by atoms with E-state index in [1.165, 1.54) is 17.0 Å². The highest BCUT2D eigenvalue weighted by atomic mass is 35.5. The molecule has 0 atom stereocenters.